The molecule has 0 atom stereocenters. The molecule has 5 rings (SSSR count). The molecular weight excluding hydrogens is 504 g/mol. The molecule has 1 N–H and O–H groups in total. The van der Waals surface area contributed by atoms with E-state index < -0.39 is 0 Å². The number of halogens is 1. The summed E-state index contributed by atoms with van der Waals surface area (Å²) in [5.41, 5.74) is 3.08. The molecule has 0 radical (unpaired) electrons. The number of nitrogens with one attached hydrogen (secondary N) is 1. The van der Waals surface area contributed by atoms with Gasteiger partial charge in [-0.2, -0.15) is 4.98 Å². The van der Waals surface area contributed by atoms with Crippen molar-refractivity contribution in [2.24, 2.45) is 5.41 Å². The van der Waals surface area contributed by atoms with Crippen LogP contribution in [0.1, 0.15) is 24.0 Å². The maximum absolute atomic E-state index is 12.0. The summed E-state index contributed by atoms with van der Waals surface area (Å²) in [4.78, 5) is 28.0. The summed E-state index contributed by atoms with van der Waals surface area (Å²) in [6.45, 7) is 9.42. The predicted molar refractivity (Wildman–Crippen MR) is 151 cm³/mol. The molecule has 1 aromatic carbocycles. The number of rotatable bonds is 9. The minimum absolute atomic E-state index is 0.0166. The van der Waals surface area contributed by atoms with Crippen LogP contribution in [0.25, 0.3) is 11.6 Å². The Labute approximate surface area is 229 Å². The van der Waals surface area contributed by atoms with Gasteiger partial charge in [-0.15, -0.1) is 0 Å². The molecule has 0 unspecified atom stereocenters. The molecule has 1 saturated carbocycles. The molecule has 1 aliphatic carbocycles. The van der Waals surface area contributed by atoms with Crippen molar-refractivity contribution in [2.75, 3.05) is 77.3 Å². The molecule has 0 bridgehead atoms. The van der Waals surface area contributed by atoms with Crippen LogP contribution < -0.4 is 19.7 Å². The fraction of sp³-hybridized carbons (Fsp3) is 0.464. The number of piperazine rings is 1. The number of nitrogens with zero attached hydrogens (tertiary/aromatic N) is 5. The zero-order valence-corrected chi connectivity index (χ0v) is 23.1. The summed E-state index contributed by atoms with van der Waals surface area (Å²) in [5.74, 6) is 2.80. The van der Waals surface area contributed by atoms with E-state index in [1.807, 2.05) is 24.2 Å². The number of amides is 1. The van der Waals surface area contributed by atoms with Gasteiger partial charge in [-0.3, -0.25) is 9.69 Å². The number of ether oxygens (including phenoxy) is 2. The first-order valence-electron chi connectivity index (χ1n) is 12.9. The molecule has 2 fully saturated rings. The Morgan fingerprint density at radius 2 is 1.95 bits per heavy atom. The number of carbonyl (C=O) groups is 1. The van der Waals surface area contributed by atoms with Crippen LogP contribution in [0.5, 0.6) is 11.5 Å². The minimum atomic E-state index is 0.0166. The van der Waals surface area contributed by atoms with Gasteiger partial charge in [0.1, 0.15) is 17.3 Å². The predicted octanol–water partition coefficient (Wildman–Crippen LogP) is 3.66. The van der Waals surface area contributed by atoms with Crippen LogP contribution in [0.3, 0.4) is 0 Å². The third-order valence-corrected chi connectivity index (χ3v) is 8.12. The molecule has 3 aliphatic rings. The van der Waals surface area contributed by atoms with Crippen molar-refractivity contribution in [3.63, 3.8) is 0 Å². The van der Waals surface area contributed by atoms with Crippen LogP contribution in [-0.2, 0) is 4.79 Å². The lowest BCUT2D eigenvalue weighted by Crippen LogP contribution is -2.50. The summed E-state index contributed by atoms with van der Waals surface area (Å²) in [5, 5.41) is 3.63. The fourth-order valence-corrected chi connectivity index (χ4v) is 5.72. The van der Waals surface area contributed by atoms with Crippen molar-refractivity contribution in [1.82, 2.24) is 19.8 Å². The zero-order valence-electron chi connectivity index (χ0n) is 22.3. The SMILES string of the molecule is C=CC(=O)N1CCN(CC2(CN3CC(c4cc(OC)cc(OC)c4Cl)=Cc4cnc(NC)nc43)CC2)CC1. The summed E-state index contributed by atoms with van der Waals surface area (Å²) in [7, 11) is 5.08. The Bertz CT molecular complexity index is 1250. The Morgan fingerprint density at radius 3 is 2.58 bits per heavy atom. The molecule has 2 aromatic rings. The van der Waals surface area contributed by atoms with Crippen molar-refractivity contribution < 1.29 is 14.3 Å². The summed E-state index contributed by atoms with van der Waals surface area (Å²) < 4.78 is 11.1. The van der Waals surface area contributed by atoms with Gasteiger partial charge >= 0.3 is 0 Å². The Balaban J connectivity index is 1.40. The van der Waals surface area contributed by atoms with E-state index >= 15 is 0 Å². The number of benzene rings is 1. The van der Waals surface area contributed by atoms with Gasteiger partial charge in [-0.05, 0) is 36.6 Å². The van der Waals surface area contributed by atoms with Gasteiger partial charge < -0.3 is 24.6 Å². The van der Waals surface area contributed by atoms with E-state index in [-0.39, 0.29) is 11.3 Å². The number of carbonyl (C=O) groups excluding carboxylic acids is 1. The van der Waals surface area contributed by atoms with Crippen molar-refractivity contribution >= 4 is 40.9 Å². The normalized spacial score (nSPS) is 18.4. The van der Waals surface area contributed by atoms with E-state index in [0.717, 1.165) is 61.8 Å². The average Bonchev–Trinajstić information content (AvgIpc) is 3.71. The van der Waals surface area contributed by atoms with Gasteiger partial charge in [-0.25, -0.2) is 4.98 Å². The van der Waals surface area contributed by atoms with Crippen LogP contribution in [0.2, 0.25) is 5.02 Å². The maximum Gasteiger partial charge on any atom is 0.246 e. The molecule has 1 saturated heterocycles. The summed E-state index contributed by atoms with van der Waals surface area (Å²) in [6.07, 6.45) is 7.72. The van der Waals surface area contributed by atoms with Gasteiger partial charge in [-0.1, -0.05) is 18.2 Å². The fourth-order valence-electron chi connectivity index (χ4n) is 5.42. The van der Waals surface area contributed by atoms with Gasteiger partial charge in [0, 0.05) is 81.7 Å². The molecular formula is C28H35ClN6O3. The minimum Gasteiger partial charge on any atom is -0.497 e. The van der Waals surface area contributed by atoms with Crippen LogP contribution in [0.15, 0.2) is 31.0 Å². The van der Waals surface area contributed by atoms with E-state index in [1.54, 1.807) is 20.3 Å². The van der Waals surface area contributed by atoms with E-state index in [2.05, 4.69) is 32.8 Å². The number of anilines is 2. The number of fused-ring (bicyclic) bond motifs is 1. The second kappa shape index (κ2) is 10.8. The van der Waals surface area contributed by atoms with E-state index in [9.17, 15) is 4.79 Å². The van der Waals surface area contributed by atoms with E-state index in [4.69, 9.17) is 26.1 Å². The highest BCUT2D eigenvalue weighted by molar-refractivity contribution is 6.34. The quantitative estimate of drug-likeness (QED) is 0.484. The molecule has 10 heteroatoms. The van der Waals surface area contributed by atoms with Crippen LogP contribution in [-0.4, -0.2) is 92.8 Å². The lowest BCUT2D eigenvalue weighted by Gasteiger charge is -2.38. The Hall–Kier alpha value is -3.30. The molecule has 202 valence electrons. The zero-order chi connectivity index (χ0) is 26.9. The third kappa shape index (κ3) is 5.31. The van der Waals surface area contributed by atoms with Crippen molar-refractivity contribution in [1.29, 1.82) is 0 Å². The second-order valence-corrected chi connectivity index (χ2v) is 10.6. The molecule has 1 aromatic heterocycles. The van der Waals surface area contributed by atoms with Crippen LogP contribution >= 0.6 is 11.6 Å². The average molecular weight is 539 g/mol. The maximum atomic E-state index is 12.0. The first-order valence-corrected chi connectivity index (χ1v) is 13.3. The van der Waals surface area contributed by atoms with Crippen LogP contribution in [0.4, 0.5) is 11.8 Å². The third-order valence-electron chi connectivity index (χ3n) is 7.73. The molecule has 3 heterocycles. The highest BCUT2D eigenvalue weighted by Crippen LogP contribution is 2.49. The first-order chi connectivity index (χ1) is 18.4. The van der Waals surface area contributed by atoms with Gasteiger partial charge in [0.25, 0.3) is 0 Å². The molecule has 38 heavy (non-hydrogen) atoms. The second-order valence-electron chi connectivity index (χ2n) is 10.2. The number of hydrogen-bond acceptors (Lipinski definition) is 8. The molecule has 1 amide bonds. The molecule has 0 spiro atoms. The van der Waals surface area contributed by atoms with E-state index in [1.165, 1.54) is 18.9 Å². The van der Waals surface area contributed by atoms with Crippen molar-refractivity contribution in [3.05, 3.63) is 47.1 Å². The highest BCUT2D eigenvalue weighted by Gasteiger charge is 2.46. The monoisotopic (exact) mass is 538 g/mol. The highest BCUT2D eigenvalue weighted by atomic mass is 35.5. The smallest absolute Gasteiger partial charge is 0.246 e. The number of aromatic nitrogens is 2. The summed E-state index contributed by atoms with van der Waals surface area (Å²) in [6, 6.07) is 3.75. The number of methoxy groups -OCH3 is 2. The van der Waals surface area contributed by atoms with E-state index in [0.29, 0.717) is 29.0 Å². The lowest BCUT2D eigenvalue weighted by molar-refractivity contribution is -0.127. The van der Waals surface area contributed by atoms with Gasteiger partial charge in [0.2, 0.25) is 11.9 Å². The molecule has 2 aliphatic heterocycles. The number of hydrogen-bond donors (Lipinski definition) is 1. The largest absolute Gasteiger partial charge is 0.497 e. The topological polar surface area (TPSA) is 83.1 Å². The van der Waals surface area contributed by atoms with Crippen molar-refractivity contribution in [2.45, 2.75) is 12.8 Å². The standard InChI is InChI=1S/C28H35ClN6O3/c1-5-24(36)34-10-8-33(9-11-34)17-28(6-7-28)18-35-16-20(12-19-15-31-27(30-2)32-26(19)35)22-13-21(37-3)14-23(38-4)25(22)29/h5,12-15H,1,6-11,16-18H2,2-4H3,(H,30,31,32). The molecule has 9 nitrogen and oxygen atoms in total. The Morgan fingerprint density at radius 1 is 1.18 bits per heavy atom. The van der Waals surface area contributed by atoms with Gasteiger partial charge in [0.15, 0.2) is 0 Å². The lowest BCUT2D eigenvalue weighted by atomic mass is 9.96. The first kappa shape index (κ1) is 26.3. The summed E-state index contributed by atoms with van der Waals surface area (Å²) >= 11 is 6.79. The Kier molecular flexibility index (Phi) is 7.49. The van der Waals surface area contributed by atoms with Crippen LogP contribution in [0, 0.1) is 5.41 Å². The van der Waals surface area contributed by atoms with Gasteiger partial charge in [0.05, 0.1) is 19.2 Å². The van der Waals surface area contributed by atoms with Crippen molar-refractivity contribution in [3.8, 4) is 11.5 Å².